The minimum atomic E-state index is -0.0485. The number of halogens is 1. The van der Waals surface area contributed by atoms with Crippen LogP contribution in [0.5, 0.6) is 0 Å². The normalized spacial score (nSPS) is 20.8. The van der Waals surface area contributed by atoms with E-state index in [9.17, 15) is 0 Å². The number of allylic oxidation sites excluding steroid dienone is 1. The number of hydrogen-bond donors (Lipinski definition) is 3. The first-order chi connectivity index (χ1) is 7.18. The number of nitrogens with zero attached hydrogens (tertiary/aromatic N) is 2. The lowest BCUT2D eigenvalue weighted by Gasteiger charge is -2.06. The van der Waals surface area contributed by atoms with Gasteiger partial charge in [-0.3, -0.25) is 4.99 Å². The molecule has 16 heavy (non-hydrogen) atoms. The van der Waals surface area contributed by atoms with Crippen molar-refractivity contribution in [3.8, 4) is 0 Å². The molecule has 0 amide bonds. The second-order valence-electron chi connectivity index (χ2n) is 3.71. The van der Waals surface area contributed by atoms with Crippen LogP contribution in [-0.4, -0.2) is 18.5 Å². The highest BCUT2D eigenvalue weighted by molar-refractivity contribution is 5.92. The van der Waals surface area contributed by atoms with Crippen molar-refractivity contribution in [2.75, 3.05) is 6.54 Å². The highest BCUT2D eigenvalue weighted by Crippen LogP contribution is 2.16. The van der Waals surface area contributed by atoms with E-state index in [1.54, 1.807) is 0 Å². The molecule has 1 aliphatic carbocycles. The molecule has 1 aliphatic rings. The van der Waals surface area contributed by atoms with Gasteiger partial charge in [0.1, 0.15) is 0 Å². The number of hydrogen-bond acceptors (Lipinski definition) is 1. The predicted octanol–water partition coefficient (Wildman–Crippen LogP) is 0.743. The molecule has 0 aromatic heterocycles. The van der Waals surface area contributed by atoms with Crippen molar-refractivity contribution >= 4 is 24.3 Å². The van der Waals surface area contributed by atoms with E-state index in [4.69, 9.17) is 17.2 Å². The summed E-state index contributed by atoms with van der Waals surface area (Å²) in [6, 6.07) is 0. The molecule has 0 bridgehead atoms. The SMILES string of the molecule is Cl.NC(N)=NC(N)=NCC1C=CCCCC1. The number of guanidine groups is 2. The third-order valence-electron chi connectivity index (χ3n) is 2.34. The van der Waals surface area contributed by atoms with Crippen LogP contribution in [0.15, 0.2) is 22.1 Å². The fraction of sp³-hybridized carbons (Fsp3) is 0.600. The van der Waals surface area contributed by atoms with Crippen LogP contribution >= 0.6 is 12.4 Å². The Bertz CT molecular complexity index is 281. The zero-order valence-corrected chi connectivity index (χ0v) is 10.1. The zero-order valence-electron chi connectivity index (χ0n) is 9.30. The van der Waals surface area contributed by atoms with Gasteiger partial charge >= 0.3 is 0 Å². The summed E-state index contributed by atoms with van der Waals surface area (Å²) in [7, 11) is 0. The van der Waals surface area contributed by atoms with Crippen LogP contribution in [0.25, 0.3) is 0 Å². The first-order valence-corrected chi connectivity index (χ1v) is 5.24. The zero-order chi connectivity index (χ0) is 11.1. The highest BCUT2D eigenvalue weighted by atomic mass is 35.5. The van der Waals surface area contributed by atoms with Gasteiger partial charge in [0, 0.05) is 6.54 Å². The molecule has 0 aromatic carbocycles. The summed E-state index contributed by atoms with van der Waals surface area (Å²) in [5, 5.41) is 0. The van der Waals surface area contributed by atoms with Gasteiger partial charge in [-0.2, -0.15) is 4.99 Å². The molecule has 0 radical (unpaired) electrons. The summed E-state index contributed by atoms with van der Waals surface area (Å²) in [6.45, 7) is 0.666. The van der Waals surface area contributed by atoms with Crippen molar-refractivity contribution in [1.29, 1.82) is 0 Å². The molecule has 0 saturated carbocycles. The smallest absolute Gasteiger partial charge is 0.218 e. The lowest BCUT2D eigenvalue weighted by molar-refractivity contribution is 0.572. The molecule has 0 saturated heterocycles. The van der Waals surface area contributed by atoms with Crippen LogP contribution < -0.4 is 17.2 Å². The highest BCUT2D eigenvalue weighted by Gasteiger charge is 2.06. The molecule has 0 fully saturated rings. The van der Waals surface area contributed by atoms with Gasteiger partial charge in [0.25, 0.3) is 0 Å². The van der Waals surface area contributed by atoms with Crippen molar-refractivity contribution in [3.63, 3.8) is 0 Å². The van der Waals surface area contributed by atoms with Gasteiger partial charge in [-0.1, -0.05) is 18.6 Å². The Labute approximate surface area is 102 Å². The Morgan fingerprint density at radius 2 is 2.00 bits per heavy atom. The molecule has 0 heterocycles. The summed E-state index contributed by atoms with van der Waals surface area (Å²) in [5.74, 6) is 0.584. The molecule has 1 rings (SSSR count). The predicted molar refractivity (Wildman–Crippen MR) is 70.6 cm³/mol. The average Bonchev–Trinajstić information content (AvgIpc) is 2.41. The van der Waals surface area contributed by atoms with E-state index in [0.29, 0.717) is 12.5 Å². The maximum atomic E-state index is 5.51. The number of rotatable bonds is 2. The molecule has 6 heteroatoms. The second kappa shape index (κ2) is 7.98. The molecule has 5 nitrogen and oxygen atoms in total. The topological polar surface area (TPSA) is 103 Å². The fourth-order valence-corrected chi connectivity index (χ4v) is 1.58. The third-order valence-corrected chi connectivity index (χ3v) is 2.34. The van der Waals surface area contributed by atoms with Crippen molar-refractivity contribution in [3.05, 3.63) is 12.2 Å². The van der Waals surface area contributed by atoms with Crippen molar-refractivity contribution in [2.24, 2.45) is 33.1 Å². The molecular weight excluding hydrogens is 226 g/mol. The minimum absolute atomic E-state index is 0. The first-order valence-electron chi connectivity index (χ1n) is 5.24. The molecule has 0 aromatic rings. The molecule has 92 valence electrons. The molecule has 1 atom stereocenters. The first kappa shape index (κ1) is 14.8. The maximum Gasteiger partial charge on any atom is 0.218 e. The Kier molecular flexibility index (Phi) is 7.37. The van der Waals surface area contributed by atoms with Gasteiger partial charge in [0.05, 0.1) is 0 Å². The van der Waals surface area contributed by atoms with Crippen LogP contribution in [0.4, 0.5) is 0 Å². The van der Waals surface area contributed by atoms with Crippen LogP contribution in [-0.2, 0) is 0 Å². The lowest BCUT2D eigenvalue weighted by Crippen LogP contribution is -2.26. The molecule has 1 unspecified atom stereocenters. The van der Waals surface area contributed by atoms with Gasteiger partial charge in [-0.15, -0.1) is 12.4 Å². The van der Waals surface area contributed by atoms with Crippen molar-refractivity contribution in [2.45, 2.75) is 25.7 Å². The summed E-state index contributed by atoms with van der Waals surface area (Å²) in [6.07, 6.45) is 9.26. The number of nitrogens with two attached hydrogens (primary N) is 3. The van der Waals surface area contributed by atoms with E-state index >= 15 is 0 Å². The summed E-state index contributed by atoms with van der Waals surface area (Å²) in [5.41, 5.74) is 15.9. The summed E-state index contributed by atoms with van der Waals surface area (Å²) < 4.78 is 0. The van der Waals surface area contributed by atoms with Gasteiger partial charge in [0.15, 0.2) is 5.96 Å². The van der Waals surface area contributed by atoms with Crippen LogP contribution in [0.3, 0.4) is 0 Å². The molecule has 0 spiro atoms. The largest absolute Gasteiger partial charge is 0.370 e. The Hall–Kier alpha value is -1.23. The summed E-state index contributed by atoms with van der Waals surface area (Å²) in [4.78, 5) is 7.79. The van der Waals surface area contributed by atoms with E-state index < -0.39 is 0 Å². The quantitative estimate of drug-likeness (QED) is 0.380. The maximum absolute atomic E-state index is 5.51. The van der Waals surface area contributed by atoms with Crippen molar-refractivity contribution in [1.82, 2.24) is 0 Å². The molecular formula is C10H20ClN5. The Balaban J connectivity index is 0.00000225. The van der Waals surface area contributed by atoms with E-state index in [2.05, 4.69) is 22.1 Å². The van der Waals surface area contributed by atoms with Gasteiger partial charge < -0.3 is 17.2 Å². The van der Waals surface area contributed by atoms with E-state index in [1.165, 1.54) is 19.3 Å². The van der Waals surface area contributed by atoms with Crippen LogP contribution in [0.1, 0.15) is 25.7 Å². The fourth-order valence-electron chi connectivity index (χ4n) is 1.58. The van der Waals surface area contributed by atoms with Gasteiger partial charge in [-0.25, -0.2) is 0 Å². The standard InChI is InChI=1S/C10H19N5.ClH/c11-9(12)15-10(13)14-7-8-5-3-1-2-4-6-8;/h3,5,8H,1-2,4,6-7H2,(H6,11,12,13,14,15);1H. The average molecular weight is 246 g/mol. The number of aliphatic imine (C=N–C) groups is 2. The van der Waals surface area contributed by atoms with E-state index in [0.717, 1.165) is 6.42 Å². The second-order valence-corrected chi connectivity index (χ2v) is 3.71. The molecule has 0 aliphatic heterocycles. The van der Waals surface area contributed by atoms with Crippen molar-refractivity contribution < 1.29 is 0 Å². The summed E-state index contributed by atoms with van der Waals surface area (Å²) >= 11 is 0. The third kappa shape index (κ3) is 6.29. The van der Waals surface area contributed by atoms with Gasteiger partial charge in [0.2, 0.25) is 5.96 Å². The van der Waals surface area contributed by atoms with Crippen LogP contribution in [0.2, 0.25) is 0 Å². The molecule has 6 N–H and O–H groups in total. The minimum Gasteiger partial charge on any atom is -0.370 e. The van der Waals surface area contributed by atoms with Gasteiger partial charge in [-0.05, 0) is 25.2 Å². The monoisotopic (exact) mass is 245 g/mol. The van der Waals surface area contributed by atoms with Crippen LogP contribution in [0, 0.1) is 5.92 Å². The Morgan fingerprint density at radius 1 is 1.25 bits per heavy atom. The lowest BCUT2D eigenvalue weighted by atomic mass is 10.0. The van der Waals surface area contributed by atoms with E-state index in [-0.39, 0.29) is 24.3 Å². The van der Waals surface area contributed by atoms with E-state index in [1.807, 2.05) is 0 Å². The Morgan fingerprint density at radius 3 is 2.69 bits per heavy atom.